The second-order valence-corrected chi connectivity index (χ2v) is 9.54. The number of benzene rings is 3. The molecule has 1 N–H and O–H groups in total. The van der Waals surface area contributed by atoms with Crippen molar-refractivity contribution < 1.29 is 17.6 Å². The van der Waals surface area contributed by atoms with Crippen LogP contribution in [0.15, 0.2) is 96.4 Å². The lowest BCUT2D eigenvalue weighted by atomic mass is 10.1. The van der Waals surface area contributed by atoms with E-state index in [-0.39, 0.29) is 11.4 Å². The number of hydrogen-bond donors (Lipinski definition) is 1. The van der Waals surface area contributed by atoms with Gasteiger partial charge in [0.1, 0.15) is 12.4 Å². The second kappa shape index (κ2) is 9.88. The SMILES string of the molecule is Cc1ccc(N(CC(=O)NCc2ccccc2-n2ccnc2)S(=O)(=O)c2ccc(F)cc2)cc1. The van der Waals surface area contributed by atoms with Crippen LogP contribution in [0.3, 0.4) is 0 Å². The number of aromatic nitrogens is 2. The Kier molecular flexibility index (Phi) is 6.74. The van der Waals surface area contributed by atoms with Gasteiger partial charge >= 0.3 is 0 Å². The highest BCUT2D eigenvalue weighted by Gasteiger charge is 2.27. The van der Waals surface area contributed by atoms with Crippen LogP contribution in [0.1, 0.15) is 11.1 Å². The Hall–Kier alpha value is -3.98. The minimum absolute atomic E-state index is 0.104. The summed E-state index contributed by atoms with van der Waals surface area (Å²) in [5.74, 6) is -1.03. The van der Waals surface area contributed by atoms with Crippen LogP contribution in [-0.4, -0.2) is 30.4 Å². The summed E-state index contributed by atoms with van der Waals surface area (Å²) in [6.45, 7) is 1.65. The average molecular weight is 479 g/mol. The molecule has 0 aliphatic rings. The minimum Gasteiger partial charge on any atom is -0.350 e. The van der Waals surface area contributed by atoms with E-state index >= 15 is 0 Å². The number of sulfonamides is 1. The smallest absolute Gasteiger partial charge is 0.264 e. The lowest BCUT2D eigenvalue weighted by molar-refractivity contribution is -0.119. The summed E-state index contributed by atoms with van der Waals surface area (Å²) in [7, 11) is -4.11. The molecule has 0 saturated carbocycles. The van der Waals surface area contributed by atoms with Crippen LogP contribution < -0.4 is 9.62 Å². The molecule has 4 aromatic rings. The van der Waals surface area contributed by atoms with Crippen molar-refractivity contribution >= 4 is 21.6 Å². The third kappa shape index (κ3) is 5.15. The van der Waals surface area contributed by atoms with E-state index < -0.39 is 28.3 Å². The first kappa shape index (κ1) is 23.2. The lowest BCUT2D eigenvalue weighted by Gasteiger charge is -2.24. The number of imidazole rings is 1. The Morgan fingerprint density at radius 1 is 1.03 bits per heavy atom. The van der Waals surface area contributed by atoms with E-state index in [1.165, 1.54) is 12.1 Å². The average Bonchev–Trinajstić information content (AvgIpc) is 3.37. The van der Waals surface area contributed by atoms with Gasteiger partial charge in [-0.3, -0.25) is 9.10 Å². The molecule has 34 heavy (non-hydrogen) atoms. The summed E-state index contributed by atoms with van der Waals surface area (Å²) >= 11 is 0. The topological polar surface area (TPSA) is 84.3 Å². The molecule has 0 spiro atoms. The number of carbonyl (C=O) groups is 1. The number of amides is 1. The molecular formula is C25H23FN4O3S. The van der Waals surface area contributed by atoms with Crippen LogP contribution in [0.2, 0.25) is 0 Å². The maximum absolute atomic E-state index is 13.4. The maximum Gasteiger partial charge on any atom is 0.264 e. The van der Waals surface area contributed by atoms with Crippen molar-refractivity contribution in [2.24, 2.45) is 0 Å². The third-order valence-corrected chi connectivity index (χ3v) is 7.05. The number of rotatable bonds is 8. The molecule has 0 radical (unpaired) electrons. The van der Waals surface area contributed by atoms with Gasteiger partial charge in [-0.1, -0.05) is 35.9 Å². The van der Waals surface area contributed by atoms with Gasteiger partial charge in [0.25, 0.3) is 10.0 Å². The number of nitrogens with one attached hydrogen (secondary N) is 1. The Morgan fingerprint density at radius 2 is 1.74 bits per heavy atom. The van der Waals surface area contributed by atoms with Crippen molar-refractivity contribution in [3.63, 3.8) is 0 Å². The van der Waals surface area contributed by atoms with E-state index in [9.17, 15) is 17.6 Å². The fourth-order valence-corrected chi connectivity index (χ4v) is 4.87. The minimum atomic E-state index is -4.11. The number of para-hydroxylation sites is 1. The predicted molar refractivity (Wildman–Crippen MR) is 128 cm³/mol. The van der Waals surface area contributed by atoms with Gasteiger partial charge in [0, 0.05) is 18.9 Å². The molecule has 9 heteroatoms. The summed E-state index contributed by atoms with van der Waals surface area (Å²) in [5.41, 5.74) is 2.99. The second-order valence-electron chi connectivity index (χ2n) is 7.68. The molecule has 1 amide bonds. The number of anilines is 1. The molecular weight excluding hydrogens is 455 g/mol. The normalized spacial score (nSPS) is 11.2. The monoisotopic (exact) mass is 478 g/mol. The van der Waals surface area contributed by atoms with E-state index in [1.54, 1.807) is 43.0 Å². The first-order chi connectivity index (χ1) is 16.3. The molecule has 3 aromatic carbocycles. The van der Waals surface area contributed by atoms with Crippen LogP contribution in [0.5, 0.6) is 0 Å². The standard InChI is InChI=1S/C25H23FN4O3S/c1-19-6-10-22(11-7-19)30(34(32,33)23-12-8-21(26)9-13-23)17-25(31)28-16-20-4-2-3-5-24(20)29-15-14-27-18-29/h2-15,18H,16-17H2,1H3,(H,28,31). The van der Waals surface area contributed by atoms with Gasteiger partial charge in [-0.15, -0.1) is 0 Å². The van der Waals surface area contributed by atoms with Crippen molar-refractivity contribution in [2.45, 2.75) is 18.4 Å². The summed E-state index contributed by atoms with van der Waals surface area (Å²) < 4.78 is 43.0. The molecule has 0 fully saturated rings. The van der Waals surface area contributed by atoms with Gasteiger partial charge < -0.3 is 9.88 Å². The molecule has 0 saturated heterocycles. The molecule has 1 aromatic heterocycles. The first-order valence-electron chi connectivity index (χ1n) is 10.5. The predicted octanol–water partition coefficient (Wildman–Crippen LogP) is 3.83. The highest BCUT2D eigenvalue weighted by molar-refractivity contribution is 7.92. The Morgan fingerprint density at radius 3 is 2.41 bits per heavy atom. The molecule has 7 nitrogen and oxygen atoms in total. The molecule has 4 rings (SSSR count). The van der Waals surface area contributed by atoms with Gasteiger partial charge in [-0.05, 0) is 55.0 Å². The van der Waals surface area contributed by atoms with E-state index in [0.717, 1.165) is 33.3 Å². The maximum atomic E-state index is 13.4. The number of nitrogens with zero attached hydrogens (tertiary/aromatic N) is 3. The summed E-state index contributed by atoms with van der Waals surface area (Å²) in [6.07, 6.45) is 5.12. The van der Waals surface area contributed by atoms with Gasteiger partial charge in [0.2, 0.25) is 5.91 Å². The Labute approximate surface area is 197 Å². The van der Waals surface area contributed by atoms with Crippen molar-refractivity contribution in [1.82, 2.24) is 14.9 Å². The molecule has 174 valence electrons. The number of halogens is 1. The molecule has 0 aliphatic heterocycles. The van der Waals surface area contributed by atoms with Crippen LogP contribution in [-0.2, 0) is 21.4 Å². The summed E-state index contributed by atoms with van der Waals surface area (Å²) in [5, 5.41) is 2.81. The quantitative estimate of drug-likeness (QED) is 0.417. The van der Waals surface area contributed by atoms with Gasteiger partial charge in [-0.2, -0.15) is 0 Å². The fourth-order valence-electron chi connectivity index (χ4n) is 3.45. The van der Waals surface area contributed by atoms with Crippen LogP contribution >= 0.6 is 0 Å². The number of aryl methyl sites for hydroxylation is 1. The largest absolute Gasteiger partial charge is 0.350 e. The van der Waals surface area contributed by atoms with Gasteiger partial charge in [0.15, 0.2) is 0 Å². The number of hydrogen-bond acceptors (Lipinski definition) is 4. The van der Waals surface area contributed by atoms with E-state index in [1.807, 2.05) is 35.8 Å². The Balaban J connectivity index is 1.57. The van der Waals surface area contributed by atoms with Crippen molar-refractivity contribution in [1.29, 1.82) is 0 Å². The molecule has 1 heterocycles. The van der Waals surface area contributed by atoms with Crippen molar-refractivity contribution in [3.05, 3.63) is 108 Å². The number of carbonyl (C=O) groups excluding carboxylic acids is 1. The highest BCUT2D eigenvalue weighted by atomic mass is 32.2. The lowest BCUT2D eigenvalue weighted by Crippen LogP contribution is -2.40. The molecule has 0 unspecified atom stereocenters. The van der Waals surface area contributed by atoms with Crippen LogP contribution in [0.25, 0.3) is 5.69 Å². The van der Waals surface area contributed by atoms with Crippen molar-refractivity contribution in [2.75, 3.05) is 10.8 Å². The zero-order valence-corrected chi connectivity index (χ0v) is 19.2. The van der Waals surface area contributed by atoms with Crippen molar-refractivity contribution in [3.8, 4) is 5.69 Å². The summed E-state index contributed by atoms with van der Waals surface area (Å²) in [6, 6.07) is 18.9. The fraction of sp³-hybridized carbons (Fsp3) is 0.120. The van der Waals surface area contributed by atoms with Gasteiger partial charge in [0.05, 0.1) is 22.6 Å². The molecule has 0 aliphatic carbocycles. The first-order valence-corrected chi connectivity index (χ1v) is 12.0. The van der Waals surface area contributed by atoms with Crippen LogP contribution in [0, 0.1) is 12.7 Å². The van der Waals surface area contributed by atoms with E-state index in [0.29, 0.717) is 5.69 Å². The zero-order valence-electron chi connectivity index (χ0n) is 18.4. The zero-order chi connectivity index (χ0) is 24.1. The summed E-state index contributed by atoms with van der Waals surface area (Å²) in [4.78, 5) is 16.9. The molecule has 0 bridgehead atoms. The third-order valence-electron chi connectivity index (χ3n) is 5.26. The molecule has 0 atom stereocenters. The van der Waals surface area contributed by atoms with Crippen LogP contribution in [0.4, 0.5) is 10.1 Å². The van der Waals surface area contributed by atoms with E-state index in [2.05, 4.69) is 10.3 Å². The highest BCUT2D eigenvalue weighted by Crippen LogP contribution is 2.24. The van der Waals surface area contributed by atoms with E-state index in [4.69, 9.17) is 0 Å². The Bertz CT molecular complexity index is 1370. The van der Waals surface area contributed by atoms with Gasteiger partial charge in [-0.25, -0.2) is 17.8 Å².